The second-order valence-electron chi connectivity index (χ2n) is 17.7. The Hall–Kier alpha value is -6.39. The van der Waals surface area contributed by atoms with Crippen molar-refractivity contribution in [2.45, 2.75) is 96.8 Å². The highest BCUT2D eigenvalue weighted by molar-refractivity contribution is 6.32. The Kier molecular flexibility index (Phi) is 14.8. The minimum atomic E-state index is 0. The number of aryl methyl sites for hydroxylation is 5. The fourth-order valence-corrected chi connectivity index (χ4v) is 10.5. The molecule has 3 aromatic carbocycles. The molecule has 9 aromatic rings. The molecule has 69 heavy (non-hydrogen) atoms. The third-order valence-electron chi connectivity index (χ3n) is 13.0. The lowest BCUT2D eigenvalue weighted by Crippen LogP contribution is -2.12. The number of nitrogens with zero attached hydrogens (tertiary/aromatic N) is 6. The van der Waals surface area contributed by atoms with Crippen molar-refractivity contribution in [3.8, 4) is 34.8 Å². The van der Waals surface area contributed by atoms with Gasteiger partial charge in [-0.2, -0.15) is 0 Å². The Labute approximate surface area is 418 Å². The average Bonchev–Trinajstić information content (AvgIpc) is 4.12. The molecule has 0 amide bonds. The zero-order chi connectivity index (χ0) is 46.6. The van der Waals surface area contributed by atoms with Gasteiger partial charge in [0.2, 0.25) is 17.7 Å². The van der Waals surface area contributed by atoms with E-state index in [1.165, 1.54) is 27.8 Å². The van der Waals surface area contributed by atoms with E-state index in [-0.39, 0.29) is 7.43 Å². The number of oxazole rings is 3. The number of rotatable bonds is 6. The maximum absolute atomic E-state index is 6.44. The maximum atomic E-state index is 6.44. The van der Waals surface area contributed by atoms with Crippen LogP contribution in [0.2, 0.25) is 15.1 Å². The zero-order valence-electron chi connectivity index (χ0n) is 37.8. The van der Waals surface area contributed by atoms with E-state index < -0.39 is 0 Å². The third kappa shape index (κ3) is 10.9. The molecule has 350 valence electrons. The maximum Gasteiger partial charge on any atom is 0.245 e. The summed E-state index contributed by atoms with van der Waals surface area (Å²) < 4.78 is 17.7. The quantitative estimate of drug-likeness (QED) is 0.161. The second kappa shape index (κ2) is 21.5. The Bertz CT molecular complexity index is 3010. The van der Waals surface area contributed by atoms with Crippen LogP contribution < -0.4 is 0 Å². The Balaban J connectivity index is 0.000000128. The van der Waals surface area contributed by atoms with Crippen LogP contribution in [0.1, 0.15) is 107 Å². The fraction of sp³-hybridized carbons (Fsp3) is 0.263. The van der Waals surface area contributed by atoms with E-state index in [9.17, 15) is 0 Å². The van der Waals surface area contributed by atoms with Crippen LogP contribution in [0.15, 0.2) is 147 Å². The van der Waals surface area contributed by atoms with Crippen molar-refractivity contribution in [3.63, 3.8) is 0 Å². The highest BCUT2D eigenvalue weighted by atomic mass is 35.5. The average molecular weight is 976 g/mol. The number of pyridine rings is 3. The SMILES string of the molecule is C.Cc1ccc([C@@H]2CCc3oc(-c4ccccn4)nc3C2)c(Cl)c1.Cc1ccc([C@H]2CCc3oc(-c4ccccn4)nc3C2)c(Cl)c1.Clc1ccccc1[C@H]1CCc2oc(-c3ccccn3)nc2C1. The molecular formula is C57H53Cl3N6O3. The van der Waals surface area contributed by atoms with Crippen LogP contribution in [0.4, 0.5) is 0 Å². The second-order valence-corrected chi connectivity index (χ2v) is 18.9. The lowest BCUT2D eigenvalue weighted by molar-refractivity contribution is 0.464. The summed E-state index contributed by atoms with van der Waals surface area (Å²) in [5, 5.41) is 2.54. The largest absolute Gasteiger partial charge is 0.440 e. The first-order valence-corrected chi connectivity index (χ1v) is 24.3. The monoisotopic (exact) mass is 974 g/mol. The van der Waals surface area contributed by atoms with Gasteiger partial charge in [-0.15, -0.1) is 0 Å². The molecular weight excluding hydrogens is 923 g/mol. The minimum absolute atomic E-state index is 0. The van der Waals surface area contributed by atoms with Gasteiger partial charge in [-0.05, 0) is 133 Å². The number of benzene rings is 3. The standard InChI is InChI=1S/2C19H17ClN2O.C18H15ClN2O.CH4/c2*1-12-5-7-14(15(20)10-12)13-6-8-18-17(11-13)22-19(23-18)16-4-2-3-9-21-16;19-14-6-2-1-5-13(14)12-8-9-17-16(11-12)21-18(22-17)15-7-3-4-10-20-15;/h2*2-5,7,9-10,13H,6,8,11H2,1H3;1-7,10,12H,8-9,11H2;1H4/t2*13-;12-;/m100./s1. The Morgan fingerprint density at radius 3 is 1.10 bits per heavy atom. The van der Waals surface area contributed by atoms with Crippen molar-refractivity contribution in [1.82, 2.24) is 29.9 Å². The third-order valence-corrected chi connectivity index (χ3v) is 14.0. The predicted molar refractivity (Wildman–Crippen MR) is 274 cm³/mol. The van der Waals surface area contributed by atoms with E-state index in [1.807, 2.05) is 84.9 Å². The molecule has 6 aromatic heterocycles. The number of aromatic nitrogens is 6. The summed E-state index contributed by atoms with van der Waals surface area (Å²) in [5.41, 5.74) is 11.5. The van der Waals surface area contributed by atoms with Crippen LogP contribution in [0.3, 0.4) is 0 Å². The zero-order valence-corrected chi connectivity index (χ0v) is 40.1. The Morgan fingerprint density at radius 2 is 0.768 bits per heavy atom. The van der Waals surface area contributed by atoms with Crippen LogP contribution >= 0.6 is 34.8 Å². The normalized spacial score (nSPS) is 16.9. The van der Waals surface area contributed by atoms with Crippen LogP contribution in [0.25, 0.3) is 34.8 Å². The van der Waals surface area contributed by atoms with Crippen LogP contribution in [0, 0.1) is 13.8 Å². The molecule has 6 heterocycles. The molecule has 0 fully saturated rings. The molecule has 3 atom stereocenters. The summed E-state index contributed by atoms with van der Waals surface area (Å²) in [4.78, 5) is 26.9. The first kappa shape index (κ1) is 47.7. The van der Waals surface area contributed by atoms with E-state index in [0.717, 1.165) is 124 Å². The van der Waals surface area contributed by atoms with Gasteiger partial charge in [0.05, 0.1) is 17.1 Å². The number of hydrogen-bond donors (Lipinski definition) is 0. The van der Waals surface area contributed by atoms with Crippen LogP contribution in [-0.4, -0.2) is 29.9 Å². The van der Waals surface area contributed by atoms with Crippen LogP contribution in [0.5, 0.6) is 0 Å². The van der Waals surface area contributed by atoms with Crippen molar-refractivity contribution in [3.05, 3.63) is 211 Å². The van der Waals surface area contributed by atoms with Crippen molar-refractivity contribution in [2.75, 3.05) is 0 Å². The predicted octanol–water partition coefficient (Wildman–Crippen LogP) is 15.2. The van der Waals surface area contributed by atoms with Gasteiger partial charge in [-0.25, -0.2) is 15.0 Å². The van der Waals surface area contributed by atoms with Crippen molar-refractivity contribution in [2.24, 2.45) is 0 Å². The van der Waals surface area contributed by atoms with Gasteiger partial charge in [-0.1, -0.05) is 103 Å². The first-order chi connectivity index (χ1) is 33.2. The number of hydrogen-bond acceptors (Lipinski definition) is 9. The summed E-state index contributed by atoms with van der Waals surface area (Å²) in [7, 11) is 0. The highest BCUT2D eigenvalue weighted by Gasteiger charge is 2.30. The van der Waals surface area contributed by atoms with Gasteiger partial charge < -0.3 is 13.3 Å². The Morgan fingerprint density at radius 1 is 0.420 bits per heavy atom. The van der Waals surface area contributed by atoms with Crippen molar-refractivity contribution >= 4 is 34.8 Å². The van der Waals surface area contributed by atoms with E-state index in [0.29, 0.717) is 35.4 Å². The molecule has 0 bridgehead atoms. The number of fused-ring (bicyclic) bond motifs is 3. The lowest BCUT2D eigenvalue weighted by atomic mass is 9.84. The summed E-state index contributed by atoms with van der Waals surface area (Å²) in [6, 6.07) is 37.9. The fourth-order valence-electron chi connectivity index (χ4n) is 9.46. The van der Waals surface area contributed by atoms with Gasteiger partial charge >= 0.3 is 0 Å². The molecule has 9 nitrogen and oxygen atoms in total. The summed E-state index contributed by atoms with van der Waals surface area (Å²) in [6.45, 7) is 4.12. The number of halogens is 3. The van der Waals surface area contributed by atoms with E-state index >= 15 is 0 Å². The molecule has 12 heteroatoms. The topological polar surface area (TPSA) is 117 Å². The molecule has 0 unspecified atom stereocenters. The van der Waals surface area contributed by atoms with Crippen LogP contribution in [-0.2, 0) is 38.5 Å². The molecule has 0 radical (unpaired) electrons. The molecule has 0 saturated carbocycles. The van der Waals surface area contributed by atoms with E-state index in [4.69, 9.17) is 48.1 Å². The molecule has 0 N–H and O–H groups in total. The highest BCUT2D eigenvalue weighted by Crippen LogP contribution is 2.40. The smallest absolute Gasteiger partial charge is 0.245 e. The summed E-state index contributed by atoms with van der Waals surface area (Å²) in [6.07, 6.45) is 13.7. The summed E-state index contributed by atoms with van der Waals surface area (Å²) in [5.74, 6) is 6.03. The molecule has 0 saturated heterocycles. The van der Waals surface area contributed by atoms with E-state index in [2.05, 4.69) is 74.1 Å². The molecule has 0 aliphatic heterocycles. The van der Waals surface area contributed by atoms with Crippen molar-refractivity contribution < 1.29 is 13.3 Å². The van der Waals surface area contributed by atoms with Gasteiger partial charge in [0.1, 0.15) is 34.4 Å². The van der Waals surface area contributed by atoms with E-state index in [1.54, 1.807) is 18.6 Å². The molecule has 3 aliphatic carbocycles. The van der Waals surface area contributed by atoms with Gasteiger partial charge in [-0.3, -0.25) is 15.0 Å². The molecule has 3 aliphatic rings. The molecule has 0 spiro atoms. The van der Waals surface area contributed by atoms with Gasteiger partial charge in [0, 0.05) is 72.2 Å². The van der Waals surface area contributed by atoms with Gasteiger partial charge in [0.25, 0.3) is 0 Å². The van der Waals surface area contributed by atoms with Gasteiger partial charge in [0.15, 0.2) is 0 Å². The lowest BCUT2D eigenvalue weighted by Gasteiger charge is -2.21. The molecule has 12 rings (SSSR count). The van der Waals surface area contributed by atoms with Crippen molar-refractivity contribution in [1.29, 1.82) is 0 Å². The summed E-state index contributed by atoms with van der Waals surface area (Å²) >= 11 is 19.2. The first-order valence-electron chi connectivity index (χ1n) is 23.2. The minimum Gasteiger partial charge on any atom is -0.440 e.